The maximum atomic E-state index is 13.5. The van der Waals surface area contributed by atoms with Gasteiger partial charge in [-0.2, -0.15) is 0 Å². The van der Waals surface area contributed by atoms with E-state index in [9.17, 15) is 8.78 Å². The average molecular weight is 491 g/mol. The van der Waals surface area contributed by atoms with E-state index in [2.05, 4.69) is 22.0 Å². The van der Waals surface area contributed by atoms with Crippen molar-refractivity contribution in [2.75, 3.05) is 46.9 Å². The van der Waals surface area contributed by atoms with E-state index in [1.54, 1.807) is 14.2 Å². The summed E-state index contributed by atoms with van der Waals surface area (Å²) < 4.78 is 37.8. The molecule has 6 heteroatoms. The minimum Gasteiger partial charge on any atom is -0.497 e. The van der Waals surface area contributed by atoms with E-state index in [4.69, 9.17) is 9.47 Å². The SMILES string of the molecule is COc1ccc(/C=C/C=C/CN2CCN(C(c3ccc(F)cc3)c3ccc(F)cc3)CC2)c(OC)c1. The van der Waals surface area contributed by atoms with Crippen LogP contribution in [0.5, 0.6) is 11.5 Å². The lowest BCUT2D eigenvalue weighted by Gasteiger charge is -2.39. The number of hydrogen-bond acceptors (Lipinski definition) is 4. The number of rotatable bonds is 9. The lowest BCUT2D eigenvalue weighted by atomic mass is 9.96. The third kappa shape index (κ3) is 6.59. The molecule has 0 atom stereocenters. The predicted molar refractivity (Wildman–Crippen MR) is 140 cm³/mol. The first-order chi connectivity index (χ1) is 17.6. The average Bonchev–Trinajstić information content (AvgIpc) is 2.91. The van der Waals surface area contributed by atoms with Crippen molar-refractivity contribution in [3.8, 4) is 11.5 Å². The van der Waals surface area contributed by atoms with E-state index in [0.29, 0.717) is 0 Å². The summed E-state index contributed by atoms with van der Waals surface area (Å²) in [5.74, 6) is 1.02. The largest absolute Gasteiger partial charge is 0.497 e. The molecule has 1 fully saturated rings. The first kappa shape index (κ1) is 25.6. The van der Waals surface area contributed by atoms with Crippen LogP contribution in [-0.4, -0.2) is 56.7 Å². The van der Waals surface area contributed by atoms with Crippen molar-refractivity contribution in [3.63, 3.8) is 0 Å². The van der Waals surface area contributed by atoms with Gasteiger partial charge in [-0.3, -0.25) is 9.80 Å². The molecule has 0 saturated carbocycles. The number of methoxy groups -OCH3 is 2. The van der Waals surface area contributed by atoms with E-state index < -0.39 is 0 Å². The Balaban J connectivity index is 1.35. The van der Waals surface area contributed by atoms with E-state index >= 15 is 0 Å². The van der Waals surface area contributed by atoms with Gasteiger partial charge in [-0.05, 0) is 47.5 Å². The number of allylic oxidation sites excluding steroid dienone is 2. The van der Waals surface area contributed by atoms with Crippen LogP contribution >= 0.6 is 0 Å². The Morgan fingerprint density at radius 1 is 0.778 bits per heavy atom. The highest BCUT2D eigenvalue weighted by molar-refractivity contribution is 5.60. The molecule has 1 heterocycles. The minimum absolute atomic E-state index is 0.0358. The molecule has 0 aromatic heterocycles. The summed E-state index contributed by atoms with van der Waals surface area (Å²) in [5, 5.41) is 0. The number of piperazine rings is 1. The molecule has 3 aromatic carbocycles. The highest BCUT2D eigenvalue weighted by atomic mass is 19.1. The summed E-state index contributed by atoms with van der Waals surface area (Å²) in [7, 11) is 3.29. The molecule has 4 nitrogen and oxygen atoms in total. The summed E-state index contributed by atoms with van der Waals surface area (Å²) in [4.78, 5) is 4.79. The second-order valence-electron chi connectivity index (χ2n) is 8.74. The zero-order valence-corrected chi connectivity index (χ0v) is 20.7. The summed E-state index contributed by atoms with van der Waals surface area (Å²) >= 11 is 0. The van der Waals surface area contributed by atoms with Crippen LogP contribution in [0, 0.1) is 11.6 Å². The van der Waals surface area contributed by atoms with Crippen molar-refractivity contribution < 1.29 is 18.3 Å². The first-order valence-electron chi connectivity index (χ1n) is 12.1. The standard InChI is InChI=1S/C30H32F2N2O2/c1-35-28-16-11-23(29(22-28)36-2)6-4-3-5-17-33-18-20-34(21-19-33)30(24-7-12-26(31)13-8-24)25-9-14-27(32)15-10-25/h3-16,22,30H,17-21H2,1-2H3/b5-3+,6-4+. The molecular weight excluding hydrogens is 458 g/mol. The van der Waals surface area contributed by atoms with Crippen molar-refractivity contribution in [2.45, 2.75) is 6.04 Å². The molecule has 4 rings (SSSR count). The second kappa shape index (κ2) is 12.5. The van der Waals surface area contributed by atoms with Crippen LogP contribution in [-0.2, 0) is 0 Å². The van der Waals surface area contributed by atoms with Crippen molar-refractivity contribution in [3.05, 3.63) is 113 Å². The molecule has 0 N–H and O–H groups in total. The van der Waals surface area contributed by atoms with E-state index in [1.807, 2.05) is 54.6 Å². The molecule has 0 unspecified atom stereocenters. The van der Waals surface area contributed by atoms with Gasteiger partial charge in [0.05, 0.1) is 20.3 Å². The third-order valence-electron chi connectivity index (χ3n) is 6.47. The lowest BCUT2D eigenvalue weighted by Crippen LogP contribution is -2.47. The molecule has 36 heavy (non-hydrogen) atoms. The molecule has 0 aliphatic carbocycles. The Kier molecular flexibility index (Phi) is 8.87. The minimum atomic E-state index is -0.257. The molecule has 1 aliphatic heterocycles. The van der Waals surface area contributed by atoms with Gasteiger partial charge in [-0.1, -0.05) is 48.6 Å². The summed E-state index contributed by atoms with van der Waals surface area (Å²) in [6.07, 6.45) is 8.23. The van der Waals surface area contributed by atoms with Gasteiger partial charge in [0.1, 0.15) is 23.1 Å². The van der Waals surface area contributed by atoms with Crippen LogP contribution in [0.1, 0.15) is 22.7 Å². The van der Waals surface area contributed by atoms with Crippen molar-refractivity contribution >= 4 is 6.08 Å². The third-order valence-corrected chi connectivity index (χ3v) is 6.47. The van der Waals surface area contributed by atoms with Crippen molar-refractivity contribution in [2.24, 2.45) is 0 Å². The molecule has 0 amide bonds. The van der Waals surface area contributed by atoms with Gasteiger partial charge in [0, 0.05) is 44.4 Å². The molecule has 0 spiro atoms. The number of ether oxygens (including phenoxy) is 2. The fourth-order valence-electron chi connectivity index (χ4n) is 4.51. The molecule has 1 aliphatic rings. The van der Waals surface area contributed by atoms with Crippen molar-refractivity contribution in [1.82, 2.24) is 9.80 Å². The highest BCUT2D eigenvalue weighted by Crippen LogP contribution is 2.30. The number of hydrogen-bond donors (Lipinski definition) is 0. The molecule has 188 valence electrons. The Bertz CT molecular complexity index is 1120. The van der Waals surface area contributed by atoms with Gasteiger partial charge in [-0.25, -0.2) is 8.78 Å². The maximum absolute atomic E-state index is 13.5. The Morgan fingerprint density at radius 2 is 1.39 bits per heavy atom. The monoisotopic (exact) mass is 490 g/mol. The molecule has 0 radical (unpaired) electrons. The van der Waals surface area contributed by atoms with Gasteiger partial charge in [0.15, 0.2) is 0 Å². The van der Waals surface area contributed by atoms with Gasteiger partial charge >= 0.3 is 0 Å². The molecule has 3 aromatic rings. The predicted octanol–water partition coefficient (Wildman–Crippen LogP) is 5.96. The fourth-order valence-corrected chi connectivity index (χ4v) is 4.51. The number of halogens is 2. The van der Waals surface area contributed by atoms with Crippen LogP contribution in [0.25, 0.3) is 6.08 Å². The molecule has 0 bridgehead atoms. The normalized spacial score (nSPS) is 15.2. The summed E-state index contributed by atoms with van der Waals surface area (Å²) in [6, 6.07) is 19.0. The fraction of sp³-hybridized carbons (Fsp3) is 0.267. The maximum Gasteiger partial charge on any atom is 0.129 e. The molecular formula is C30H32F2N2O2. The summed E-state index contributed by atoms with van der Waals surface area (Å²) in [5.41, 5.74) is 3.01. The van der Waals surface area contributed by atoms with Crippen LogP contribution in [0.15, 0.2) is 85.0 Å². The van der Waals surface area contributed by atoms with Crippen LogP contribution in [0.2, 0.25) is 0 Å². The highest BCUT2D eigenvalue weighted by Gasteiger charge is 2.26. The quantitative estimate of drug-likeness (QED) is 0.346. The Morgan fingerprint density at radius 3 is 1.94 bits per heavy atom. The summed E-state index contributed by atoms with van der Waals surface area (Å²) in [6.45, 7) is 4.42. The van der Waals surface area contributed by atoms with Gasteiger partial charge in [0.25, 0.3) is 0 Å². The smallest absolute Gasteiger partial charge is 0.129 e. The van der Waals surface area contributed by atoms with E-state index in [1.165, 1.54) is 24.3 Å². The first-order valence-corrected chi connectivity index (χ1v) is 12.1. The van der Waals surface area contributed by atoms with Crippen LogP contribution < -0.4 is 9.47 Å². The number of nitrogens with zero attached hydrogens (tertiary/aromatic N) is 2. The number of benzene rings is 3. The zero-order chi connectivity index (χ0) is 25.3. The van der Waals surface area contributed by atoms with Crippen LogP contribution in [0.3, 0.4) is 0 Å². The van der Waals surface area contributed by atoms with Crippen LogP contribution in [0.4, 0.5) is 8.78 Å². The van der Waals surface area contributed by atoms with E-state index in [0.717, 1.165) is 60.9 Å². The van der Waals surface area contributed by atoms with Gasteiger partial charge < -0.3 is 9.47 Å². The molecule has 1 saturated heterocycles. The van der Waals surface area contributed by atoms with Crippen molar-refractivity contribution in [1.29, 1.82) is 0 Å². The van der Waals surface area contributed by atoms with Gasteiger partial charge in [0.2, 0.25) is 0 Å². The second-order valence-corrected chi connectivity index (χ2v) is 8.74. The Hall–Kier alpha value is -3.48. The zero-order valence-electron chi connectivity index (χ0n) is 20.7. The van der Waals surface area contributed by atoms with Gasteiger partial charge in [-0.15, -0.1) is 0 Å². The van der Waals surface area contributed by atoms with E-state index in [-0.39, 0.29) is 17.7 Å². The topological polar surface area (TPSA) is 24.9 Å². The lowest BCUT2D eigenvalue weighted by molar-refractivity contribution is 0.117. The Labute approximate surface area is 212 Å².